The zero-order valence-corrected chi connectivity index (χ0v) is 11.3. The molecule has 0 saturated heterocycles. The van der Waals surface area contributed by atoms with Gasteiger partial charge in [0.1, 0.15) is 11.6 Å². The number of nitrogens with one attached hydrogen (secondary N) is 2. The van der Waals surface area contributed by atoms with Gasteiger partial charge in [-0.2, -0.15) is 10.1 Å². The van der Waals surface area contributed by atoms with Crippen LogP contribution in [-0.4, -0.2) is 26.7 Å². The summed E-state index contributed by atoms with van der Waals surface area (Å²) >= 11 is 0. The number of anilines is 1. The van der Waals surface area contributed by atoms with Crippen molar-refractivity contribution in [3.63, 3.8) is 0 Å². The van der Waals surface area contributed by atoms with E-state index in [0.717, 1.165) is 6.42 Å². The molecule has 0 unspecified atom stereocenters. The van der Waals surface area contributed by atoms with E-state index in [9.17, 15) is 8.78 Å². The molecule has 0 amide bonds. The van der Waals surface area contributed by atoms with Gasteiger partial charge < -0.3 is 5.32 Å². The number of hydrogen-bond donors (Lipinski definition) is 2. The minimum absolute atomic E-state index is 0.175. The molecule has 2 aromatic heterocycles. The first-order valence-electron chi connectivity index (χ1n) is 6.60. The molecular weight excluding hydrogens is 276 g/mol. The second-order valence-corrected chi connectivity index (χ2v) is 4.55. The van der Waals surface area contributed by atoms with Crippen molar-refractivity contribution in [2.75, 3.05) is 11.9 Å². The molecule has 0 saturated carbocycles. The smallest absolute Gasteiger partial charge is 0.225 e. The third kappa shape index (κ3) is 2.42. The van der Waals surface area contributed by atoms with E-state index in [-0.39, 0.29) is 11.3 Å². The molecule has 0 aliphatic rings. The summed E-state index contributed by atoms with van der Waals surface area (Å²) < 4.78 is 28.0. The Balaban J connectivity index is 2.22. The van der Waals surface area contributed by atoms with Crippen molar-refractivity contribution in [1.29, 1.82) is 0 Å². The first-order valence-corrected chi connectivity index (χ1v) is 6.60. The van der Waals surface area contributed by atoms with Crippen molar-refractivity contribution in [3.8, 4) is 11.3 Å². The Labute approximate surface area is 119 Å². The van der Waals surface area contributed by atoms with E-state index in [1.807, 2.05) is 6.92 Å². The molecule has 7 heteroatoms. The zero-order chi connectivity index (χ0) is 14.8. The highest BCUT2D eigenvalue weighted by molar-refractivity contribution is 5.91. The fourth-order valence-electron chi connectivity index (χ4n) is 2.07. The highest BCUT2D eigenvalue weighted by Crippen LogP contribution is 2.30. The fourth-order valence-corrected chi connectivity index (χ4v) is 2.07. The summed E-state index contributed by atoms with van der Waals surface area (Å²) in [7, 11) is 0. The molecule has 0 aliphatic heterocycles. The summed E-state index contributed by atoms with van der Waals surface area (Å²) in [6, 6.07) is 3.72. The molecule has 2 N–H and O–H groups in total. The summed E-state index contributed by atoms with van der Waals surface area (Å²) in [5.41, 5.74) is 0.440. The van der Waals surface area contributed by atoms with Crippen LogP contribution in [0.3, 0.4) is 0 Å². The van der Waals surface area contributed by atoms with Crippen molar-refractivity contribution < 1.29 is 8.78 Å². The minimum atomic E-state index is -0.669. The molecule has 5 nitrogen and oxygen atoms in total. The lowest BCUT2D eigenvalue weighted by Gasteiger charge is -2.08. The molecule has 2 heterocycles. The first kappa shape index (κ1) is 13.4. The van der Waals surface area contributed by atoms with E-state index < -0.39 is 11.6 Å². The predicted octanol–water partition coefficient (Wildman–Crippen LogP) is 3.12. The number of aromatic nitrogens is 4. The van der Waals surface area contributed by atoms with Crippen LogP contribution in [0.2, 0.25) is 0 Å². The lowest BCUT2D eigenvalue weighted by molar-refractivity contribution is 0.589. The third-order valence-corrected chi connectivity index (χ3v) is 3.04. The van der Waals surface area contributed by atoms with E-state index in [1.165, 1.54) is 24.4 Å². The van der Waals surface area contributed by atoms with Crippen LogP contribution in [0.4, 0.5) is 14.7 Å². The third-order valence-electron chi connectivity index (χ3n) is 3.04. The molecule has 0 bridgehead atoms. The lowest BCUT2D eigenvalue weighted by Crippen LogP contribution is -2.06. The Hall–Kier alpha value is -2.57. The fraction of sp³-hybridized carbons (Fsp3) is 0.214. The number of aromatic amines is 1. The van der Waals surface area contributed by atoms with Crippen molar-refractivity contribution >= 4 is 17.0 Å². The van der Waals surface area contributed by atoms with Crippen LogP contribution >= 0.6 is 0 Å². The Morgan fingerprint density at radius 2 is 1.95 bits per heavy atom. The number of halogens is 2. The Bertz CT molecular complexity index is 764. The van der Waals surface area contributed by atoms with Crippen molar-refractivity contribution in [2.24, 2.45) is 0 Å². The summed E-state index contributed by atoms with van der Waals surface area (Å²) in [5.74, 6) is -1.03. The number of H-pyrrole nitrogens is 1. The van der Waals surface area contributed by atoms with Crippen LogP contribution in [0, 0.1) is 11.6 Å². The normalized spacial score (nSPS) is 11.0. The largest absolute Gasteiger partial charge is 0.354 e. The lowest BCUT2D eigenvalue weighted by atomic mass is 10.1. The molecule has 0 fully saturated rings. The second-order valence-electron chi connectivity index (χ2n) is 4.55. The van der Waals surface area contributed by atoms with E-state index in [1.54, 1.807) is 0 Å². The van der Waals surface area contributed by atoms with Gasteiger partial charge in [0.15, 0.2) is 5.65 Å². The molecule has 108 valence electrons. The maximum atomic E-state index is 14.0. The summed E-state index contributed by atoms with van der Waals surface area (Å²) in [4.78, 5) is 8.47. The van der Waals surface area contributed by atoms with Crippen LogP contribution in [0.15, 0.2) is 24.4 Å². The van der Waals surface area contributed by atoms with E-state index in [0.29, 0.717) is 23.5 Å². The van der Waals surface area contributed by atoms with Crippen LogP contribution in [0.25, 0.3) is 22.3 Å². The minimum Gasteiger partial charge on any atom is -0.354 e. The maximum absolute atomic E-state index is 14.0. The molecule has 1 aromatic carbocycles. The number of hydrogen-bond acceptors (Lipinski definition) is 4. The van der Waals surface area contributed by atoms with Gasteiger partial charge in [0.25, 0.3) is 0 Å². The molecule has 0 atom stereocenters. The standard InChI is InChI=1S/C14H13F2N5/c1-2-6-17-14-19-12(8-7-18-21-13(8)20-14)11-9(15)4-3-5-10(11)16/h3-5,7H,2,6H2,1H3,(H2,17,18,19,20,21). The number of fused-ring (bicyclic) bond motifs is 1. The topological polar surface area (TPSA) is 66.5 Å². The number of rotatable bonds is 4. The van der Waals surface area contributed by atoms with Gasteiger partial charge in [-0.15, -0.1) is 0 Å². The average Bonchev–Trinajstić information content (AvgIpc) is 2.93. The second kappa shape index (κ2) is 5.43. The Morgan fingerprint density at radius 1 is 1.19 bits per heavy atom. The highest BCUT2D eigenvalue weighted by Gasteiger charge is 2.18. The van der Waals surface area contributed by atoms with Crippen molar-refractivity contribution in [2.45, 2.75) is 13.3 Å². The molecule has 0 spiro atoms. The molecule has 3 aromatic rings. The summed E-state index contributed by atoms with van der Waals surface area (Å²) in [6.45, 7) is 2.66. The van der Waals surface area contributed by atoms with E-state index in [4.69, 9.17) is 0 Å². The maximum Gasteiger partial charge on any atom is 0.225 e. The SMILES string of the molecule is CCCNc1nc(-c2c(F)cccc2F)c2cn[nH]c2n1. The molecule has 0 aliphatic carbocycles. The van der Waals surface area contributed by atoms with Crippen molar-refractivity contribution in [1.82, 2.24) is 20.2 Å². The van der Waals surface area contributed by atoms with Gasteiger partial charge in [0.05, 0.1) is 22.8 Å². The molecular formula is C14H13F2N5. The number of nitrogens with zero attached hydrogens (tertiary/aromatic N) is 3. The zero-order valence-electron chi connectivity index (χ0n) is 11.3. The van der Waals surface area contributed by atoms with Gasteiger partial charge in [0.2, 0.25) is 5.95 Å². The van der Waals surface area contributed by atoms with Gasteiger partial charge in [-0.3, -0.25) is 5.10 Å². The quantitative estimate of drug-likeness (QED) is 0.774. The highest BCUT2D eigenvalue weighted by atomic mass is 19.1. The molecule has 21 heavy (non-hydrogen) atoms. The van der Waals surface area contributed by atoms with Gasteiger partial charge in [0, 0.05) is 6.54 Å². The van der Waals surface area contributed by atoms with Gasteiger partial charge in [-0.25, -0.2) is 13.8 Å². The predicted molar refractivity (Wildman–Crippen MR) is 75.8 cm³/mol. The summed E-state index contributed by atoms with van der Waals surface area (Å²) in [6.07, 6.45) is 2.34. The van der Waals surface area contributed by atoms with E-state index >= 15 is 0 Å². The first-order chi connectivity index (χ1) is 10.2. The van der Waals surface area contributed by atoms with Crippen LogP contribution in [-0.2, 0) is 0 Å². The van der Waals surface area contributed by atoms with Gasteiger partial charge >= 0.3 is 0 Å². The monoisotopic (exact) mass is 289 g/mol. The van der Waals surface area contributed by atoms with Crippen LogP contribution in [0.1, 0.15) is 13.3 Å². The average molecular weight is 289 g/mol. The Morgan fingerprint density at radius 3 is 2.67 bits per heavy atom. The van der Waals surface area contributed by atoms with Crippen LogP contribution in [0.5, 0.6) is 0 Å². The van der Waals surface area contributed by atoms with Crippen molar-refractivity contribution in [3.05, 3.63) is 36.0 Å². The van der Waals surface area contributed by atoms with Crippen LogP contribution < -0.4 is 5.32 Å². The molecule has 3 rings (SSSR count). The summed E-state index contributed by atoms with van der Waals surface area (Å²) in [5, 5.41) is 10.1. The number of benzene rings is 1. The van der Waals surface area contributed by atoms with Gasteiger partial charge in [-0.1, -0.05) is 13.0 Å². The molecule has 0 radical (unpaired) electrons. The van der Waals surface area contributed by atoms with Gasteiger partial charge in [-0.05, 0) is 18.6 Å². The van der Waals surface area contributed by atoms with E-state index in [2.05, 4.69) is 25.5 Å². The Kier molecular flexibility index (Phi) is 3.47.